The number of unbranched alkanes of at least 4 members (excludes halogenated alkanes) is 15. The zero-order chi connectivity index (χ0) is 43.6. The number of carbonyl (C=O) groups is 3. The molecule has 5 aromatic carbocycles. The Morgan fingerprint density at radius 3 is 1.16 bits per heavy atom. The highest BCUT2D eigenvalue weighted by Crippen LogP contribution is 2.26. The largest absolute Gasteiger partial charge is 0.494 e. The van der Waals surface area contributed by atoms with E-state index in [2.05, 4.69) is 13.8 Å². The van der Waals surface area contributed by atoms with Crippen LogP contribution in [0.5, 0.6) is 28.7 Å². The summed E-state index contributed by atoms with van der Waals surface area (Å²) in [4.78, 5) is 38.7. The van der Waals surface area contributed by atoms with Crippen LogP contribution < -0.4 is 23.7 Å². The summed E-state index contributed by atoms with van der Waals surface area (Å²) in [6.45, 7) is 5.68. The van der Waals surface area contributed by atoms with Gasteiger partial charge in [0.05, 0.1) is 29.9 Å². The molecule has 0 fully saturated rings. The summed E-state index contributed by atoms with van der Waals surface area (Å²) in [6, 6.07) is 34.3. The average molecular weight is 841 g/mol. The van der Waals surface area contributed by atoms with Gasteiger partial charge in [-0.05, 0) is 121 Å². The van der Waals surface area contributed by atoms with Gasteiger partial charge in [-0.2, -0.15) is 0 Å². The van der Waals surface area contributed by atoms with E-state index in [4.69, 9.17) is 23.7 Å². The smallest absolute Gasteiger partial charge is 0.343 e. The van der Waals surface area contributed by atoms with Gasteiger partial charge in [-0.25, -0.2) is 14.4 Å². The van der Waals surface area contributed by atoms with Gasteiger partial charge in [0.15, 0.2) is 0 Å². The number of hydrogen-bond acceptors (Lipinski definition) is 8. The van der Waals surface area contributed by atoms with E-state index in [0.29, 0.717) is 47.2 Å². The molecular formula is C54H64O8. The summed E-state index contributed by atoms with van der Waals surface area (Å²) in [6.07, 6.45) is 21.9. The second kappa shape index (κ2) is 27.1. The second-order valence-corrected chi connectivity index (χ2v) is 15.8. The Morgan fingerprint density at radius 2 is 0.694 bits per heavy atom. The van der Waals surface area contributed by atoms with Crippen LogP contribution in [-0.2, 0) is 0 Å². The van der Waals surface area contributed by atoms with Gasteiger partial charge in [0, 0.05) is 0 Å². The summed E-state index contributed by atoms with van der Waals surface area (Å²) in [5.74, 6) is 1.01. The molecule has 0 N–H and O–H groups in total. The second-order valence-electron chi connectivity index (χ2n) is 15.8. The first-order valence-electron chi connectivity index (χ1n) is 22.8. The van der Waals surface area contributed by atoms with Crippen molar-refractivity contribution in [2.24, 2.45) is 0 Å². The maximum Gasteiger partial charge on any atom is 0.343 e. The zero-order valence-corrected chi connectivity index (χ0v) is 36.7. The number of benzene rings is 5. The lowest BCUT2D eigenvalue weighted by molar-refractivity contribution is 0.0723. The first-order chi connectivity index (χ1) is 30.4. The molecule has 8 nitrogen and oxygen atoms in total. The lowest BCUT2D eigenvalue weighted by atomic mass is 10.0. The molecule has 0 heterocycles. The van der Waals surface area contributed by atoms with Crippen molar-refractivity contribution in [2.75, 3.05) is 13.2 Å². The van der Waals surface area contributed by atoms with Gasteiger partial charge >= 0.3 is 17.9 Å². The predicted molar refractivity (Wildman–Crippen MR) is 247 cm³/mol. The molecule has 0 spiro atoms. The Hall–Kier alpha value is -5.89. The molecule has 5 rings (SSSR count). The summed E-state index contributed by atoms with van der Waals surface area (Å²) in [5, 5.41) is 0. The molecule has 0 saturated heterocycles. The normalized spacial score (nSPS) is 10.9. The maximum absolute atomic E-state index is 12.9. The third-order valence-electron chi connectivity index (χ3n) is 10.7. The number of rotatable bonds is 28. The lowest BCUT2D eigenvalue weighted by Gasteiger charge is -2.09. The van der Waals surface area contributed by atoms with Crippen LogP contribution >= 0.6 is 0 Å². The van der Waals surface area contributed by atoms with Gasteiger partial charge in [-0.1, -0.05) is 134 Å². The first-order valence-corrected chi connectivity index (χ1v) is 22.8. The minimum atomic E-state index is -0.555. The summed E-state index contributed by atoms with van der Waals surface area (Å²) in [5.41, 5.74) is 2.74. The number of esters is 3. The van der Waals surface area contributed by atoms with Crippen LogP contribution in [0.15, 0.2) is 121 Å². The molecule has 5 aromatic rings. The van der Waals surface area contributed by atoms with Crippen molar-refractivity contribution >= 4 is 17.9 Å². The van der Waals surface area contributed by atoms with Crippen LogP contribution in [0.4, 0.5) is 0 Å². The molecule has 0 aliphatic carbocycles. The van der Waals surface area contributed by atoms with E-state index < -0.39 is 17.9 Å². The average Bonchev–Trinajstić information content (AvgIpc) is 3.30. The Labute approximate surface area is 368 Å². The van der Waals surface area contributed by atoms with Crippen LogP contribution in [0.25, 0.3) is 11.1 Å². The monoisotopic (exact) mass is 840 g/mol. The van der Waals surface area contributed by atoms with Crippen molar-refractivity contribution in [2.45, 2.75) is 123 Å². The van der Waals surface area contributed by atoms with Gasteiger partial charge < -0.3 is 23.7 Å². The lowest BCUT2D eigenvalue weighted by Crippen LogP contribution is -2.10. The zero-order valence-electron chi connectivity index (χ0n) is 36.7. The fourth-order valence-electron chi connectivity index (χ4n) is 6.99. The minimum Gasteiger partial charge on any atom is -0.494 e. The van der Waals surface area contributed by atoms with Crippen molar-refractivity contribution in [3.05, 3.63) is 138 Å². The molecule has 0 bridgehead atoms. The van der Waals surface area contributed by atoms with Crippen LogP contribution in [0, 0.1) is 0 Å². The van der Waals surface area contributed by atoms with Gasteiger partial charge in [0.25, 0.3) is 0 Å². The molecule has 0 radical (unpaired) electrons. The molecule has 0 atom stereocenters. The fraction of sp³-hybridized carbons (Fsp3) is 0.389. The Morgan fingerprint density at radius 1 is 0.339 bits per heavy atom. The third-order valence-corrected chi connectivity index (χ3v) is 10.7. The van der Waals surface area contributed by atoms with Crippen molar-refractivity contribution in [1.29, 1.82) is 0 Å². The quantitative estimate of drug-likeness (QED) is 0.0279. The first kappa shape index (κ1) is 47.2. The highest BCUT2D eigenvalue weighted by atomic mass is 16.5. The molecule has 0 unspecified atom stereocenters. The van der Waals surface area contributed by atoms with E-state index in [1.54, 1.807) is 103 Å². The molecule has 0 aromatic heterocycles. The van der Waals surface area contributed by atoms with Gasteiger partial charge in [0.2, 0.25) is 0 Å². The molecule has 0 aliphatic heterocycles. The molecule has 328 valence electrons. The minimum absolute atomic E-state index is 0.300. The summed E-state index contributed by atoms with van der Waals surface area (Å²) in [7, 11) is 0. The van der Waals surface area contributed by atoms with Crippen LogP contribution in [0.2, 0.25) is 0 Å². The SMILES string of the molecule is CCCCCCCCCCCCCCCCCOc1ccc(C(=O)Oc2ccc(C(=O)Oc3ccc(-c4cccc(C(=O)Oc5ccc(OCCCC)cc5)c4)cc3)cc2)cc1. The number of hydrogen-bond donors (Lipinski definition) is 0. The van der Waals surface area contributed by atoms with E-state index in [-0.39, 0.29) is 0 Å². The summed E-state index contributed by atoms with van der Waals surface area (Å²) >= 11 is 0. The Balaban J connectivity index is 0.968. The van der Waals surface area contributed by atoms with Crippen molar-refractivity contribution in [3.8, 4) is 39.9 Å². The van der Waals surface area contributed by atoms with Gasteiger partial charge in [0.1, 0.15) is 28.7 Å². The van der Waals surface area contributed by atoms with Crippen LogP contribution in [-0.4, -0.2) is 31.1 Å². The highest BCUT2D eigenvalue weighted by molar-refractivity contribution is 5.93. The number of carbonyl (C=O) groups excluding carboxylic acids is 3. The van der Waals surface area contributed by atoms with Gasteiger partial charge in [-0.15, -0.1) is 0 Å². The summed E-state index contributed by atoms with van der Waals surface area (Å²) < 4.78 is 28.3. The topological polar surface area (TPSA) is 97.4 Å². The standard InChI is InChI=1S/C54H64O8/c1-3-5-7-8-9-10-11-12-13-14-15-16-17-18-19-40-59-47-29-25-43(26-30-47)52(55)61-50-33-27-44(28-34-50)53(56)60-49-31-23-42(24-32-49)45-21-20-22-46(41-45)54(57)62-51-37-35-48(36-38-51)58-39-6-4-2/h20-38,41H,3-19,39-40H2,1-2H3. The molecule has 62 heavy (non-hydrogen) atoms. The molecule has 0 amide bonds. The fourth-order valence-corrected chi connectivity index (χ4v) is 6.99. The van der Waals surface area contributed by atoms with Gasteiger partial charge in [-0.3, -0.25) is 0 Å². The Bertz CT molecular complexity index is 2050. The Kier molecular flexibility index (Phi) is 20.6. The van der Waals surface area contributed by atoms with Crippen LogP contribution in [0.3, 0.4) is 0 Å². The van der Waals surface area contributed by atoms with Crippen molar-refractivity contribution < 1.29 is 38.1 Å². The molecule has 0 aliphatic rings. The molecule has 0 saturated carbocycles. The third kappa shape index (κ3) is 16.9. The van der Waals surface area contributed by atoms with Crippen LogP contribution in [0.1, 0.15) is 154 Å². The van der Waals surface area contributed by atoms with E-state index in [9.17, 15) is 14.4 Å². The van der Waals surface area contributed by atoms with Crippen molar-refractivity contribution in [1.82, 2.24) is 0 Å². The van der Waals surface area contributed by atoms with E-state index in [1.165, 1.54) is 83.5 Å². The van der Waals surface area contributed by atoms with Crippen molar-refractivity contribution in [3.63, 3.8) is 0 Å². The molecule has 8 heteroatoms. The predicted octanol–water partition coefficient (Wildman–Crippen LogP) is 14.4. The molecular weight excluding hydrogens is 777 g/mol. The van der Waals surface area contributed by atoms with E-state index >= 15 is 0 Å². The van der Waals surface area contributed by atoms with E-state index in [1.807, 2.05) is 18.2 Å². The number of ether oxygens (including phenoxy) is 5. The highest BCUT2D eigenvalue weighted by Gasteiger charge is 2.14. The van der Waals surface area contributed by atoms with E-state index in [0.717, 1.165) is 48.3 Å². The maximum atomic E-state index is 12.9.